The zero-order valence-electron chi connectivity index (χ0n) is 8.24. The molecule has 80 valence electrons. The fourth-order valence-corrected chi connectivity index (χ4v) is 1.31. The average Bonchev–Trinajstić information content (AvgIpc) is 2.17. The number of nitrogens with two attached hydrogens (primary N) is 1. The third-order valence-corrected chi connectivity index (χ3v) is 1.96. The second-order valence-corrected chi connectivity index (χ2v) is 3.66. The molecule has 1 rings (SSSR count). The molecular formula is C10H11FN2OS. The molecule has 1 aromatic carbocycles. The number of rotatable bonds is 3. The SMILES string of the molecule is CN(CC(N)=S)C(=O)c1ccc(F)cc1. The van der Waals surface area contributed by atoms with E-state index >= 15 is 0 Å². The van der Waals surface area contributed by atoms with E-state index in [1.54, 1.807) is 7.05 Å². The van der Waals surface area contributed by atoms with Gasteiger partial charge in [-0.1, -0.05) is 12.2 Å². The molecule has 0 radical (unpaired) electrons. The first kappa shape index (κ1) is 11.6. The van der Waals surface area contributed by atoms with Crippen LogP contribution >= 0.6 is 12.2 Å². The van der Waals surface area contributed by atoms with Gasteiger partial charge in [-0.15, -0.1) is 0 Å². The van der Waals surface area contributed by atoms with Gasteiger partial charge < -0.3 is 10.6 Å². The molecule has 0 saturated carbocycles. The van der Waals surface area contributed by atoms with E-state index in [0.717, 1.165) is 0 Å². The number of hydrogen-bond donors (Lipinski definition) is 1. The van der Waals surface area contributed by atoms with E-state index in [2.05, 4.69) is 12.2 Å². The third kappa shape index (κ3) is 3.28. The molecule has 0 spiro atoms. The van der Waals surface area contributed by atoms with Crippen LogP contribution in [0.2, 0.25) is 0 Å². The van der Waals surface area contributed by atoms with E-state index in [0.29, 0.717) is 5.56 Å². The van der Waals surface area contributed by atoms with Crippen LogP contribution in [0.5, 0.6) is 0 Å². The lowest BCUT2D eigenvalue weighted by Crippen LogP contribution is -2.34. The second kappa shape index (κ2) is 4.84. The highest BCUT2D eigenvalue weighted by Gasteiger charge is 2.11. The van der Waals surface area contributed by atoms with Crippen LogP contribution in [0.25, 0.3) is 0 Å². The number of nitrogens with zero attached hydrogens (tertiary/aromatic N) is 1. The average molecular weight is 226 g/mol. The van der Waals surface area contributed by atoms with Crippen molar-refractivity contribution < 1.29 is 9.18 Å². The molecule has 0 bridgehead atoms. The molecule has 0 aliphatic heterocycles. The number of hydrogen-bond acceptors (Lipinski definition) is 2. The van der Waals surface area contributed by atoms with Gasteiger partial charge in [0.1, 0.15) is 5.82 Å². The first-order valence-corrected chi connectivity index (χ1v) is 4.71. The second-order valence-electron chi connectivity index (χ2n) is 3.13. The third-order valence-electron chi connectivity index (χ3n) is 1.83. The van der Waals surface area contributed by atoms with Crippen LogP contribution in [0, 0.1) is 5.82 Å². The number of benzene rings is 1. The first-order chi connectivity index (χ1) is 7.00. The van der Waals surface area contributed by atoms with E-state index in [1.165, 1.54) is 29.2 Å². The van der Waals surface area contributed by atoms with Crippen molar-refractivity contribution in [3.8, 4) is 0 Å². The summed E-state index contributed by atoms with van der Waals surface area (Å²) in [5.74, 6) is -0.605. The van der Waals surface area contributed by atoms with Crippen molar-refractivity contribution >= 4 is 23.1 Å². The number of carbonyl (C=O) groups is 1. The molecule has 1 aromatic rings. The molecule has 0 aliphatic carbocycles. The molecule has 15 heavy (non-hydrogen) atoms. The van der Waals surface area contributed by atoms with Gasteiger partial charge in [0.15, 0.2) is 0 Å². The molecule has 0 heterocycles. The fraction of sp³-hybridized carbons (Fsp3) is 0.200. The van der Waals surface area contributed by atoms with E-state index in [-0.39, 0.29) is 23.3 Å². The molecule has 0 unspecified atom stereocenters. The Kier molecular flexibility index (Phi) is 3.74. The summed E-state index contributed by atoms with van der Waals surface area (Å²) in [6, 6.07) is 5.32. The summed E-state index contributed by atoms with van der Waals surface area (Å²) in [6.45, 7) is 0.214. The van der Waals surface area contributed by atoms with Crippen molar-refractivity contribution in [2.75, 3.05) is 13.6 Å². The maximum Gasteiger partial charge on any atom is 0.253 e. The highest BCUT2D eigenvalue weighted by Crippen LogP contribution is 2.05. The van der Waals surface area contributed by atoms with E-state index < -0.39 is 0 Å². The Hall–Kier alpha value is -1.49. The zero-order valence-corrected chi connectivity index (χ0v) is 9.05. The fourth-order valence-electron chi connectivity index (χ4n) is 1.12. The lowest BCUT2D eigenvalue weighted by atomic mass is 10.2. The predicted molar refractivity (Wildman–Crippen MR) is 60.1 cm³/mol. The van der Waals surface area contributed by atoms with Crippen molar-refractivity contribution in [3.63, 3.8) is 0 Å². The minimum atomic E-state index is -0.372. The number of likely N-dealkylation sites (N-methyl/N-ethyl adjacent to an activating group) is 1. The van der Waals surface area contributed by atoms with Crippen LogP contribution in [-0.4, -0.2) is 29.4 Å². The number of thiocarbonyl (C=S) groups is 1. The Morgan fingerprint density at radius 1 is 1.47 bits per heavy atom. The molecule has 1 amide bonds. The minimum absolute atomic E-state index is 0.214. The quantitative estimate of drug-likeness (QED) is 0.787. The van der Waals surface area contributed by atoms with Gasteiger partial charge in [-0.2, -0.15) is 0 Å². The van der Waals surface area contributed by atoms with Crippen LogP contribution in [0.15, 0.2) is 24.3 Å². The predicted octanol–water partition coefficient (Wildman–Crippen LogP) is 1.18. The van der Waals surface area contributed by atoms with Gasteiger partial charge in [0.05, 0.1) is 11.5 Å². The topological polar surface area (TPSA) is 46.3 Å². The Balaban J connectivity index is 2.76. The van der Waals surface area contributed by atoms with Crippen LogP contribution < -0.4 is 5.73 Å². The van der Waals surface area contributed by atoms with Crippen molar-refractivity contribution in [1.82, 2.24) is 4.90 Å². The van der Waals surface area contributed by atoms with E-state index in [1.807, 2.05) is 0 Å². The zero-order chi connectivity index (χ0) is 11.4. The normalized spacial score (nSPS) is 9.73. The number of amides is 1. The first-order valence-electron chi connectivity index (χ1n) is 4.30. The molecular weight excluding hydrogens is 215 g/mol. The summed E-state index contributed by atoms with van der Waals surface area (Å²) in [7, 11) is 1.59. The number of carbonyl (C=O) groups excluding carboxylic acids is 1. The molecule has 0 saturated heterocycles. The van der Waals surface area contributed by atoms with Gasteiger partial charge in [0, 0.05) is 12.6 Å². The van der Waals surface area contributed by atoms with Crippen molar-refractivity contribution in [2.45, 2.75) is 0 Å². The Bertz CT molecular complexity index is 378. The highest BCUT2D eigenvalue weighted by molar-refractivity contribution is 7.80. The summed E-state index contributed by atoms with van der Waals surface area (Å²) >= 11 is 4.69. The minimum Gasteiger partial charge on any atom is -0.392 e. The van der Waals surface area contributed by atoms with Crippen molar-refractivity contribution in [1.29, 1.82) is 0 Å². The Labute approximate surface area is 92.7 Å². The summed E-state index contributed by atoms with van der Waals surface area (Å²) in [6.07, 6.45) is 0. The smallest absolute Gasteiger partial charge is 0.253 e. The number of halogens is 1. The summed E-state index contributed by atoms with van der Waals surface area (Å²) < 4.78 is 12.6. The maximum absolute atomic E-state index is 12.6. The van der Waals surface area contributed by atoms with Gasteiger partial charge in [-0.3, -0.25) is 4.79 Å². The summed E-state index contributed by atoms with van der Waals surface area (Å²) in [5, 5.41) is 0. The van der Waals surface area contributed by atoms with Crippen LogP contribution in [0.1, 0.15) is 10.4 Å². The molecule has 0 aromatic heterocycles. The maximum atomic E-state index is 12.6. The summed E-state index contributed by atoms with van der Waals surface area (Å²) in [4.78, 5) is 13.3. The van der Waals surface area contributed by atoms with Crippen LogP contribution in [0.3, 0.4) is 0 Å². The molecule has 5 heteroatoms. The van der Waals surface area contributed by atoms with Crippen molar-refractivity contribution in [3.05, 3.63) is 35.6 Å². The van der Waals surface area contributed by atoms with Gasteiger partial charge in [-0.25, -0.2) is 4.39 Å². The molecule has 0 atom stereocenters. The Morgan fingerprint density at radius 3 is 2.47 bits per heavy atom. The summed E-state index contributed by atoms with van der Waals surface area (Å²) in [5.41, 5.74) is 5.72. The van der Waals surface area contributed by atoms with Gasteiger partial charge >= 0.3 is 0 Å². The molecule has 3 nitrogen and oxygen atoms in total. The van der Waals surface area contributed by atoms with Crippen molar-refractivity contribution in [2.24, 2.45) is 5.73 Å². The van der Waals surface area contributed by atoms with Gasteiger partial charge in [0.25, 0.3) is 5.91 Å². The molecule has 0 aliphatic rings. The molecule has 2 N–H and O–H groups in total. The van der Waals surface area contributed by atoms with Crippen LogP contribution in [-0.2, 0) is 0 Å². The molecule has 0 fully saturated rings. The highest BCUT2D eigenvalue weighted by atomic mass is 32.1. The van der Waals surface area contributed by atoms with Gasteiger partial charge in [0.2, 0.25) is 0 Å². The monoisotopic (exact) mass is 226 g/mol. The lowest BCUT2D eigenvalue weighted by Gasteiger charge is -2.15. The van der Waals surface area contributed by atoms with Gasteiger partial charge in [-0.05, 0) is 24.3 Å². The largest absolute Gasteiger partial charge is 0.392 e. The van der Waals surface area contributed by atoms with Crippen LogP contribution in [0.4, 0.5) is 4.39 Å². The Morgan fingerprint density at radius 2 is 2.00 bits per heavy atom. The lowest BCUT2D eigenvalue weighted by molar-refractivity contribution is 0.0815. The standard InChI is InChI=1S/C10H11FN2OS/c1-13(6-9(12)15)10(14)7-2-4-8(11)5-3-7/h2-5H,6H2,1H3,(H2,12,15). The van der Waals surface area contributed by atoms with E-state index in [9.17, 15) is 9.18 Å². The van der Waals surface area contributed by atoms with E-state index in [4.69, 9.17) is 5.73 Å².